The zero-order chi connectivity index (χ0) is 17.2. The molecule has 0 aliphatic carbocycles. The summed E-state index contributed by atoms with van der Waals surface area (Å²) in [6.45, 7) is 1.50. The van der Waals surface area contributed by atoms with Crippen LogP contribution in [0.15, 0.2) is 58.4 Å². The minimum absolute atomic E-state index is 0.337. The van der Waals surface area contributed by atoms with Crippen LogP contribution in [0.1, 0.15) is 11.1 Å². The summed E-state index contributed by atoms with van der Waals surface area (Å²) in [4.78, 5) is 6.89. The number of fused-ring (bicyclic) bond motifs is 1. The number of rotatable bonds is 3. The fraction of sp³-hybridized carbons (Fsp3) is 0.278. The van der Waals surface area contributed by atoms with Crippen LogP contribution in [-0.2, 0) is 22.8 Å². The Labute approximate surface area is 143 Å². The first-order valence-electron chi connectivity index (χ1n) is 7.84. The average Bonchev–Trinajstić information content (AvgIpc) is 2.99. The van der Waals surface area contributed by atoms with Crippen molar-refractivity contribution in [3.05, 3.63) is 59.7 Å². The number of hydrogen-bond acceptors (Lipinski definition) is 3. The Bertz CT molecular complexity index is 858. The molecule has 3 rings (SSSR count). The van der Waals surface area contributed by atoms with E-state index in [0.29, 0.717) is 11.4 Å². The topological polar surface area (TPSA) is 61.8 Å². The van der Waals surface area contributed by atoms with E-state index in [4.69, 9.17) is 0 Å². The molecular weight excluding hydrogens is 322 g/mol. The van der Waals surface area contributed by atoms with E-state index in [-0.39, 0.29) is 0 Å². The van der Waals surface area contributed by atoms with Gasteiger partial charge in [-0.15, -0.1) is 0 Å². The van der Waals surface area contributed by atoms with Gasteiger partial charge in [-0.1, -0.05) is 30.3 Å². The lowest BCUT2D eigenvalue weighted by molar-refractivity contribution is 0.602. The second-order valence-corrected chi connectivity index (χ2v) is 7.86. The van der Waals surface area contributed by atoms with E-state index in [1.165, 1.54) is 17.5 Å². The first-order valence-corrected chi connectivity index (χ1v) is 9.73. The van der Waals surface area contributed by atoms with Crippen molar-refractivity contribution in [2.75, 3.05) is 24.7 Å². The Morgan fingerprint density at radius 2 is 1.88 bits per heavy atom. The molecular formula is C18H21N3O2S. The van der Waals surface area contributed by atoms with Crippen LogP contribution in [0.4, 0.5) is 5.69 Å². The standard InChI is InChI=1S/C18H21N3O2S/c1-19-18(21-12-11-15-5-3-4-6-17(15)21)20-13-14-7-9-16(10-8-14)24(2,22)23/h3-10H,11-13H2,1-2H3,(H,19,20). The molecule has 0 radical (unpaired) electrons. The molecule has 126 valence electrons. The summed E-state index contributed by atoms with van der Waals surface area (Å²) in [7, 11) is -1.38. The highest BCUT2D eigenvalue weighted by Gasteiger charge is 2.22. The summed E-state index contributed by atoms with van der Waals surface area (Å²) in [5.41, 5.74) is 3.53. The number of anilines is 1. The molecule has 0 atom stereocenters. The van der Waals surface area contributed by atoms with Gasteiger partial charge in [0.2, 0.25) is 0 Å². The normalized spacial score (nSPS) is 14.6. The molecule has 0 spiro atoms. The molecule has 5 nitrogen and oxygen atoms in total. The van der Waals surface area contributed by atoms with E-state index in [9.17, 15) is 8.42 Å². The molecule has 0 saturated heterocycles. The van der Waals surface area contributed by atoms with Gasteiger partial charge in [-0.05, 0) is 35.7 Å². The summed E-state index contributed by atoms with van der Waals surface area (Å²) in [6, 6.07) is 15.3. The second-order valence-electron chi connectivity index (χ2n) is 5.85. The molecule has 0 amide bonds. The summed E-state index contributed by atoms with van der Waals surface area (Å²) >= 11 is 0. The fourth-order valence-electron chi connectivity index (χ4n) is 2.89. The van der Waals surface area contributed by atoms with Gasteiger partial charge in [0, 0.05) is 32.1 Å². The molecule has 2 aromatic carbocycles. The summed E-state index contributed by atoms with van der Waals surface area (Å²) in [5, 5.41) is 3.35. The maximum atomic E-state index is 11.5. The Balaban J connectivity index is 1.70. The van der Waals surface area contributed by atoms with Crippen LogP contribution >= 0.6 is 0 Å². The predicted octanol–water partition coefficient (Wildman–Crippen LogP) is 2.23. The van der Waals surface area contributed by atoms with Crippen molar-refractivity contribution in [1.29, 1.82) is 0 Å². The lowest BCUT2D eigenvalue weighted by Gasteiger charge is -2.22. The van der Waals surface area contributed by atoms with E-state index in [0.717, 1.165) is 24.5 Å². The number of hydrogen-bond donors (Lipinski definition) is 1. The van der Waals surface area contributed by atoms with Gasteiger partial charge in [0.15, 0.2) is 15.8 Å². The molecule has 0 aromatic heterocycles. The van der Waals surface area contributed by atoms with Crippen LogP contribution in [0.2, 0.25) is 0 Å². The lowest BCUT2D eigenvalue weighted by Crippen LogP contribution is -2.40. The molecule has 0 fully saturated rings. The van der Waals surface area contributed by atoms with E-state index >= 15 is 0 Å². The van der Waals surface area contributed by atoms with Gasteiger partial charge in [0.25, 0.3) is 0 Å². The molecule has 1 heterocycles. The van der Waals surface area contributed by atoms with Gasteiger partial charge in [0.1, 0.15) is 0 Å². The molecule has 24 heavy (non-hydrogen) atoms. The first-order chi connectivity index (χ1) is 11.5. The third-order valence-corrected chi connectivity index (χ3v) is 5.29. The van der Waals surface area contributed by atoms with Crippen LogP contribution in [0.25, 0.3) is 0 Å². The number of para-hydroxylation sites is 1. The van der Waals surface area contributed by atoms with Gasteiger partial charge in [0.05, 0.1) is 4.90 Å². The van der Waals surface area contributed by atoms with E-state index < -0.39 is 9.84 Å². The lowest BCUT2D eigenvalue weighted by atomic mass is 10.2. The Kier molecular flexibility index (Phi) is 4.57. The monoisotopic (exact) mass is 343 g/mol. The van der Waals surface area contributed by atoms with Crippen LogP contribution in [0.3, 0.4) is 0 Å². The molecule has 1 aliphatic heterocycles. The van der Waals surface area contributed by atoms with Crippen molar-refractivity contribution in [3.8, 4) is 0 Å². The van der Waals surface area contributed by atoms with Gasteiger partial charge >= 0.3 is 0 Å². The largest absolute Gasteiger partial charge is 0.352 e. The van der Waals surface area contributed by atoms with E-state index in [1.807, 2.05) is 18.2 Å². The summed E-state index contributed by atoms with van der Waals surface area (Å²) in [6.07, 6.45) is 2.23. The zero-order valence-corrected chi connectivity index (χ0v) is 14.7. The zero-order valence-electron chi connectivity index (χ0n) is 13.9. The molecule has 0 bridgehead atoms. The van der Waals surface area contributed by atoms with Gasteiger partial charge in [-0.3, -0.25) is 4.99 Å². The Morgan fingerprint density at radius 3 is 2.54 bits per heavy atom. The third-order valence-electron chi connectivity index (χ3n) is 4.16. The van der Waals surface area contributed by atoms with Crippen molar-refractivity contribution in [1.82, 2.24) is 5.32 Å². The Morgan fingerprint density at radius 1 is 1.17 bits per heavy atom. The van der Waals surface area contributed by atoms with Crippen LogP contribution in [0.5, 0.6) is 0 Å². The number of sulfone groups is 1. The van der Waals surface area contributed by atoms with E-state index in [1.54, 1.807) is 19.2 Å². The maximum Gasteiger partial charge on any atom is 0.198 e. The van der Waals surface area contributed by atoms with Crippen molar-refractivity contribution >= 4 is 21.5 Å². The van der Waals surface area contributed by atoms with Gasteiger partial charge < -0.3 is 10.2 Å². The minimum atomic E-state index is -3.15. The van der Waals surface area contributed by atoms with Crippen molar-refractivity contribution < 1.29 is 8.42 Å². The SMILES string of the molecule is CN=C(NCc1ccc(S(C)(=O)=O)cc1)N1CCc2ccccc21. The van der Waals surface area contributed by atoms with E-state index in [2.05, 4.69) is 33.4 Å². The maximum absolute atomic E-state index is 11.5. The van der Waals surface area contributed by atoms with Gasteiger partial charge in [-0.25, -0.2) is 8.42 Å². The highest BCUT2D eigenvalue weighted by molar-refractivity contribution is 7.90. The van der Waals surface area contributed by atoms with Crippen molar-refractivity contribution in [2.45, 2.75) is 17.9 Å². The van der Waals surface area contributed by atoms with Crippen molar-refractivity contribution in [2.24, 2.45) is 4.99 Å². The summed E-state index contributed by atoms with van der Waals surface area (Å²) < 4.78 is 23.0. The summed E-state index contributed by atoms with van der Waals surface area (Å²) in [5.74, 6) is 0.826. The Hall–Kier alpha value is -2.34. The number of aliphatic imine (C=N–C) groups is 1. The fourth-order valence-corrected chi connectivity index (χ4v) is 3.52. The number of nitrogens with zero attached hydrogens (tertiary/aromatic N) is 2. The minimum Gasteiger partial charge on any atom is -0.352 e. The van der Waals surface area contributed by atoms with Gasteiger partial charge in [-0.2, -0.15) is 0 Å². The third kappa shape index (κ3) is 3.43. The highest BCUT2D eigenvalue weighted by Crippen LogP contribution is 2.27. The highest BCUT2D eigenvalue weighted by atomic mass is 32.2. The number of benzene rings is 2. The van der Waals surface area contributed by atoms with Crippen molar-refractivity contribution in [3.63, 3.8) is 0 Å². The van der Waals surface area contributed by atoms with Crippen LogP contribution in [-0.4, -0.2) is 34.2 Å². The first kappa shape index (κ1) is 16.5. The molecule has 1 N–H and O–H groups in total. The average molecular weight is 343 g/mol. The number of nitrogens with one attached hydrogen (secondary N) is 1. The number of guanidine groups is 1. The second kappa shape index (κ2) is 6.65. The van der Waals surface area contributed by atoms with Crippen LogP contribution in [0, 0.1) is 0 Å². The molecule has 1 aliphatic rings. The van der Waals surface area contributed by atoms with Crippen LogP contribution < -0.4 is 10.2 Å². The molecule has 0 saturated carbocycles. The smallest absolute Gasteiger partial charge is 0.198 e. The quantitative estimate of drug-likeness (QED) is 0.686. The molecule has 2 aromatic rings. The molecule has 0 unspecified atom stereocenters. The molecule has 6 heteroatoms. The predicted molar refractivity (Wildman–Crippen MR) is 97.2 cm³/mol.